The number of allylic oxidation sites excluding steroid dienone is 9. The van der Waals surface area contributed by atoms with Crippen LogP contribution in [-0.2, 0) is 18.6 Å². The van der Waals surface area contributed by atoms with E-state index in [4.69, 9.17) is 14.0 Å². The molecule has 6 nitrogen and oxygen atoms in total. The van der Waals surface area contributed by atoms with Gasteiger partial charge in [0.25, 0.3) is 0 Å². The second-order valence-electron chi connectivity index (χ2n) is 11.4. The smallest absolute Gasteiger partial charge is 0.375 e. The molecule has 0 fully saturated rings. The van der Waals surface area contributed by atoms with Crippen molar-refractivity contribution in [1.29, 1.82) is 0 Å². The van der Waals surface area contributed by atoms with Crippen LogP contribution in [0.15, 0.2) is 69.9 Å². The summed E-state index contributed by atoms with van der Waals surface area (Å²) in [6.07, 6.45) is 17.2. The SMILES string of the molecule is CC(C)=CCC/C(C)=C/COC[C@H](OC/C=C(\C)CCC=C(C)C)C(C/C=C(\C)CCC=C(C)C)OP(=O)(O)O. The number of hydrogen-bond donors (Lipinski definition) is 2. The Morgan fingerprint density at radius 2 is 1.05 bits per heavy atom. The average Bonchev–Trinajstić information content (AvgIpc) is 2.82. The molecule has 230 valence electrons. The van der Waals surface area contributed by atoms with E-state index in [2.05, 4.69) is 79.7 Å². The van der Waals surface area contributed by atoms with Gasteiger partial charge in [-0.1, -0.05) is 69.9 Å². The predicted octanol–water partition coefficient (Wildman–Crippen LogP) is 9.33. The Balaban J connectivity index is 5.53. The van der Waals surface area contributed by atoms with Crippen molar-refractivity contribution in [2.75, 3.05) is 19.8 Å². The van der Waals surface area contributed by atoms with Gasteiger partial charge in [0.05, 0.1) is 19.8 Å². The Hall–Kier alpha value is -1.53. The summed E-state index contributed by atoms with van der Waals surface area (Å²) in [5.41, 5.74) is 7.46. The zero-order valence-electron chi connectivity index (χ0n) is 26.7. The second kappa shape index (κ2) is 22.1. The van der Waals surface area contributed by atoms with E-state index in [-0.39, 0.29) is 6.61 Å². The van der Waals surface area contributed by atoms with Crippen molar-refractivity contribution in [2.24, 2.45) is 0 Å². The minimum absolute atomic E-state index is 0.164. The van der Waals surface area contributed by atoms with E-state index < -0.39 is 20.0 Å². The van der Waals surface area contributed by atoms with Crippen LogP contribution in [0.25, 0.3) is 0 Å². The molecular weight excluding hydrogens is 523 g/mol. The molecule has 2 atom stereocenters. The Kier molecular flexibility index (Phi) is 21.3. The van der Waals surface area contributed by atoms with Crippen LogP contribution in [0.4, 0.5) is 0 Å². The zero-order chi connectivity index (χ0) is 30.6. The molecule has 1 unspecified atom stereocenters. The fourth-order valence-corrected chi connectivity index (χ4v) is 4.36. The topological polar surface area (TPSA) is 85.2 Å². The van der Waals surface area contributed by atoms with E-state index in [0.717, 1.165) is 44.1 Å². The van der Waals surface area contributed by atoms with Crippen LogP contribution in [0.3, 0.4) is 0 Å². The van der Waals surface area contributed by atoms with Gasteiger partial charge in [-0.05, 0) is 107 Å². The standard InChI is InChI=1S/C33H57O6P/c1-26(2)13-10-16-29(7)19-20-32(39-40(34,35)36)33(38-24-22-31(9)18-12-15-28(5)6)25-37-23-21-30(8)17-11-14-27(3)4/h13-15,19,21-22,32-33H,10-12,16-18,20,23-25H2,1-9H3,(H2,34,35,36)/b29-19+,30-21+,31-22+/t32?,33-/m0/s1. The fourth-order valence-electron chi connectivity index (χ4n) is 3.79. The molecule has 0 saturated carbocycles. The minimum atomic E-state index is -4.73. The Labute approximate surface area is 245 Å². The first-order valence-corrected chi connectivity index (χ1v) is 16.0. The number of ether oxygens (including phenoxy) is 2. The van der Waals surface area contributed by atoms with E-state index in [1.165, 1.54) is 27.9 Å². The molecule has 0 aromatic rings. The van der Waals surface area contributed by atoms with Gasteiger partial charge >= 0.3 is 7.82 Å². The van der Waals surface area contributed by atoms with Gasteiger partial charge in [-0.15, -0.1) is 0 Å². The van der Waals surface area contributed by atoms with Crippen molar-refractivity contribution in [2.45, 2.75) is 119 Å². The second-order valence-corrected chi connectivity index (χ2v) is 12.6. The molecule has 0 bridgehead atoms. The molecule has 0 heterocycles. The summed E-state index contributed by atoms with van der Waals surface area (Å²) in [6, 6.07) is 0. The van der Waals surface area contributed by atoms with Crippen LogP contribution >= 0.6 is 7.82 Å². The maximum Gasteiger partial charge on any atom is 0.469 e. The third-order valence-corrected chi connectivity index (χ3v) is 6.78. The maximum atomic E-state index is 11.9. The summed E-state index contributed by atoms with van der Waals surface area (Å²) in [7, 11) is -4.73. The quantitative estimate of drug-likeness (QED) is 0.0799. The van der Waals surface area contributed by atoms with Crippen molar-refractivity contribution < 1.29 is 28.3 Å². The van der Waals surface area contributed by atoms with Crippen molar-refractivity contribution in [1.82, 2.24) is 0 Å². The summed E-state index contributed by atoms with van der Waals surface area (Å²) in [6.45, 7) is 19.6. The van der Waals surface area contributed by atoms with Crippen LogP contribution in [-0.4, -0.2) is 41.8 Å². The summed E-state index contributed by atoms with van der Waals surface area (Å²) >= 11 is 0. The molecule has 0 amide bonds. The fraction of sp³-hybridized carbons (Fsp3) is 0.636. The molecule has 0 radical (unpaired) electrons. The van der Waals surface area contributed by atoms with Crippen LogP contribution in [0.5, 0.6) is 0 Å². The van der Waals surface area contributed by atoms with Crippen LogP contribution in [0, 0.1) is 0 Å². The van der Waals surface area contributed by atoms with Gasteiger partial charge in [0.2, 0.25) is 0 Å². The first kappa shape index (κ1) is 38.5. The highest BCUT2D eigenvalue weighted by Crippen LogP contribution is 2.39. The van der Waals surface area contributed by atoms with Crippen molar-refractivity contribution >= 4 is 7.82 Å². The van der Waals surface area contributed by atoms with Gasteiger partial charge in [0.1, 0.15) is 12.2 Å². The first-order chi connectivity index (χ1) is 18.7. The minimum Gasteiger partial charge on any atom is -0.375 e. The molecule has 0 aliphatic rings. The van der Waals surface area contributed by atoms with Crippen LogP contribution in [0.2, 0.25) is 0 Å². The molecule has 0 aromatic carbocycles. The van der Waals surface area contributed by atoms with Gasteiger partial charge in [-0.3, -0.25) is 4.52 Å². The lowest BCUT2D eigenvalue weighted by molar-refractivity contribution is -0.0642. The van der Waals surface area contributed by atoms with E-state index in [1.807, 2.05) is 19.1 Å². The molecule has 0 aliphatic carbocycles. The molecular formula is C33H57O6P. The summed E-state index contributed by atoms with van der Waals surface area (Å²) in [5.74, 6) is 0. The molecule has 0 aliphatic heterocycles. The van der Waals surface area contributed by atoms with Crippen molar-refractivity contribution in [3.8, 4) is 0 Å². The molecule has 0 spiro atoms. The van der Waals surface area contributed by atoms with E-state index in [9.17, 15) is 14.4 Å². The lowest BCUT2D eigenvalue weighted by Crippen LogP contribution is -2.35. The normalized spacial score (nSPS) is 14.5. The Bertz CT molecular complexity index is 936. The highest BCUT2D eigenvalue weighted by molar-refractivity contribution is 7.46. The lowest BCUT2D eigenvalue weighted by Gasteiger charge is -2.26. The first-order valence-electron chi connectivity index (χ1n) is 14.5. The van der Waals surface area contributed by atoms with Gasteiger partial charge < -0.3 is 19.3 Å². The number of rotatable bonds is 21. The average molecular weight is 581 g/mol. The van der Waals surface area contributed by atoms with Gasteiger partial charge in [0.15, 0.2) is 0 Å². The Morgan fingerprint density at radius 1 is 0.625 bits per heavy atom. The number of hydrogen-bond acceptors (Lipinski definition) is 4. The third kappa shape index (κ3) is 24.3. The van der Waals surface area contributed by atoms with Gasteiger partial charge in [0, 0.05) is 0 Å². The lowest BCUT2D eigenvalue weighted by atomic mass is 10.1. The monoisotopic (exact) mass is 580 g/mol. The summed E-state index contributed by atoms with van der Waals surface area (Å²) < 4.78 is 29.2. The number of phosphoric acid groups is 1. The molecule has 7 heteroatoms. The molecule has 0 rings (SSSR count). The van der Waals surface area contributed by atoms with Crippen LogP contribution in [0.1, 0.15) is 107 Å². The van der Waals surface area contributed by atoms with E-state index in [0.29, 0.717) is 19.6 Å². The van der Waals surface area contributed by atoms with Crippen LogP contribution < -0.4 is 0 Å². The summed E-state index contributed by atoms with van der Waals surface area (Å²) in [5, 5.41) is 0. The molecule has 40 heavy (non-hydrogen) atoms. The summed E-state index contributed by atoms with van der Waals surface area (Å²) in [4.78, 5) is 19.3. The predicted molar refractivity (Wildman–Crippen MR) is 169 cm³/mol. The molecule has 2 N–H and O–H groups in total. The van der Waals surface area contributed by atoms with Crippen molar-refractivity contribution in [3.63, 3.8) is 0 Å². The number of phosphoric ester groups is 1. The highest BCUT2D eigenvalue weighted by atomic mass is 31.2. The zero-order valence-corrected chi connectivity index (χ0v) is 27.6. The highest BCUT2D eigenvalue weighted by Gasteiger charge is 2.29. The Morgan fingerprint density at radius 3 is 1.48 bits per heavy atom. The molecule has 0 saturated heterocycles. The van der Waals surface area contributed by atoms with Crippen molar-refractivity contribution in [3.05, 3.63) is 69.9 Å². The van der Waals surface area contributed by atoms with E-state index in [1.54, 1.807) is 0 Å². The van der Waals surface area contributed by atoms with Gasteiger partial charge in [-0.2, -0.15) is 0 Å². The van der Waals surface area contributed by atoms with Gasteiger partial charge in [-0.25, -0.2) is 4.57 Å². The molecule has 0 aromatic heterocycles. The third-order valence-electron chi connectivity index (χ3n) is 6.23. The maximum absolute atomic E-state index is 11.9. The van der Waals surface area contributed by atoms with E-state index >= 15 is 0 Å². The largest absolute Gasteiger partial charge is 0.469 e.